The Kier molecular flexibility index (Phi) is 5.22. The molecule has 6 heteroatoms. The molecule has 0 unspecified atom stereocenters. The molecule has 0 aliphatic rings. The van der Waals surface area contributed by atoms with E-state index in [1.807, 2.05) is 20.8 Å². The maximum absolute atomic E-state index is 11.9. The molecule has 0 saturated heterocycles. The molecule has 1 rings (SSSR count). The lowest BCUT2D eigenvalue weighted by molar-refractivity contribution is -0.177. The van der Waals surface area contributed by atoms with E-state index >= 15 is 0 Å². The van der Waals surface area contributed by atoms with Crippen molar-refractivity contribution >= 4 is 0 Å². The summed E-state index contributed by atoms with van der Waals surface area (Å²) in [5.41, 5.74) is 0.911. The van der Waals surface area contributed by atoms with Crippen molar-refractivity contribution in [3.8, 4) is 0 Å². The highest BCUT2D eigenvalue weighted by molar-refractivity contribution is 5.19. The molecule has 0 aromatic carbocycles. The van der Waals surface area contributed by atoms with Gasteiger partial charge in [-0.05, 0) is 18.6 Å². The van der Waals surface area contributed by atoms with Crippen molar-refractivity contribution in [1.82, 2.24) is 5.32 Å². The zero-order chi connectivity index (χ0) is 13.8. The molecule has 0 atom stereocenters. The van der Waals surface area contributed by atoms with Gasteiger partial charge in [-0.15, -0.1) is 0 Å². The molecule has 104 valence electrons. The molecule has 0 aliphatic carbocycles. The molecule has 0 bridgehead atoms. The van der Waals surface area contributed by atoms with Gasteiger partial charge in [-0.1, -0.05) is 13.8 Å². The van der Waals surface area contributed by atoms with E-state index in [1.54, 1.807) is 6.07 Å². The van der Waals surface area contributed by atoms with Gasteiger partial charge in [0.1, 0.15) is 24.7 Å². The third kappa shape index (κ3) is 5.55. The number of hydrogen-bond donors (Lipinski definition) is 1. The highest BCUT2D eigenvalue weighted by Gasteiger charge is 2.27. The summed E-state index contributed by atoms with van der Waals surface area (Å²) in [5.74, 6) is 1.15. The van der Waals surface area contributed by atoms with E-state index in [-0.39, 0.29) is 6.61 Å². The highest BCUT2D eigenvalue weighted by atomic mass is 19.4. The van der Waals surface area contributed by atoms with Crippen LogP contribution in [0.15, 0.2) is 10.5 Å². The fourth-order valence-electron chi connectivity index (χ4n) is 1.40. The van der Waals surface area contributed by atoms with E-state index in [0.717, 1.165) is 11.3 Å². The van der Waals surface area contributed by atoms with Crippen molar-refractivity contribution in [2.24, 2.45) is 0 Å². The summed E-state index contributed by atoms with van der Waals surface area (Å²) in [6.07, 6.45) is -4.30. The van der Waals surface area contributed by atoms with Crippen LogP contribution in [0.25, 0.3) is 0 Å². The van der Waals surface area contributed by atoms with Gasteiger partial charge in [-0.2, -0.15) is 13.2 Å². The fraction of sp³-hybridized carbons (Fsp3) is 0.667. The zero-order valence-electron chi connectivity index (χ0n) is 10.7. The third-order valence-corrected chi connectivity index (χ3v) is 2.25. The van der Waals surface area contributed by atoms with Crippen LogP contribution in [0.5, 0.6) is 0 Å². The van der Waals surface area contributed by atoms with Gasteiger partial charge < -0.3 is 14.5 Å². The van der Waals surface area contributed by atoms with Crippen molar-refractivity contribution < 1.29 is 22.3 Å². The largest absolute Gasteiger partial charge is 0.462 e. The van der Waals surface area contributed by atoms with Crippen LogP contribution in [-0.2, 0) is 17.9 Å². The average Bonchev–Trinajstić information content (AvgIpc) is 2.54. The van der Waals surface area contributed by atoms with Crippen LogP contribution in [-0.4, -0.2) is 18.8 Å². The number of hydrogen-bond acceptors (Lipinski definition) is 3. The summed E-state index contributed by atoms with van der Waals surface area (Å²) in [4.78, 5) is 0. The predicted molar refractivity (Wildman–Crippen MR) is 61.1 cm³/mol. The quantitative estimate of drug-likeness (QED) is 0.858. The Balaban J connectivity index is 2.45. The molecule has 0 fully saturated rings. The van der Waals surface area contributed by atoms with E-state index in [4.69, 9.17) is 4.42 Å². The van der Waals surface area contributed by atoms with Gasteiger partial charge in [0.2, 0.25) is 0 Å². The number of alkyl halides is 3. The summed E-state index contributed by atoms with van der Waals surface area (Å²) in [5, 5.41) is 3.18. The summed E-state index contributed by atoms with van der Waals surface area (Å²) >= 11 is 0. The molecule has 0 radical (unpaired) electrons. The number of halogens is 3. The van der Waals surface area contributed by atoms with Crippen molar-refractivity contribution in [1.29, 1.82) is 0 Å². The molecule has 0 spiro atoms. The Bertz CT molecular complexity index is 372. The average molecular weight is 265 g/mol. The highest BCUT2D eigenvalue weighted by Crippen LogP contribution is 2.18. The van der Waals surface area contributed by atoms with Crippen LogP contribution in [0.1, 0.15) is 30.9 Å². The first-order valence-corrected chi connectivity index (χ1v) is 5.74. The minimum atomic E-state index is -4.30. The van der Waals surface area contributed by atoms with Gasteiger partial charge in [-0.25, -0.2) is 0 Å². The molecule has 0 amide bonds. The summed E-state index contributed by atoms with van der Waals surface area (Å²) < 4.78 is 45.6. The van der Waals surface area contributed by atoms with Crippen LogP contribution in [0, 0.1) is 6.92 Å². The van der Waals surface area contributed by atoms with Gasteiger partial charge in [0.15, 0.2) is 0 Å². The first-order valence-electron chi connectivity index (χ1n) is 5.74. The molecule has 1 N–H and O–H groups in total. The minimum absolute atomic E-state index is 0.165. The Morgan fingerprint density at radius 3 is 2.61 bits per heavy atom. The topological polar surface area (TPSA) is 34.4 Å². The van der Waals surface area contributed by atoms with Gasteiger partial charge in [-0.3, -0.25) is 0 Å². The number of nitrogens with one attached hydrogen (secondary N) is 1. The first-order chi connectivity index (χ1) is 8.28. The first kappa shape index (κ1) is 15.0. The van der Waals surface area contributed by atoms with Crippen LogP contribution in [0.2, 0.25) is 0 Å². The summed E-state index contributed by atoms with van der Waals surface area (Å²) in [6.45, 7) is 5.00. The summed E-state index contributed by atoms with van der Waals surface area (Å²) in [7, 11) is 0. The van der Waals surface area contributed by atoms with Gasteiger partial charge in [0.05, 0.1) is 6.54 Å². The van der Waals surface area contributed by atoms with E-state index in [9.17, 15) is 13.2 Å². The molecular weight excluding hydrogens is 247 g/mol. The predicted octanol–water partition coefficient (Wildman–Crippen LogP) is 3.16. The molecular formula is C12H18F3NO2. The van der Waals surface area contributed by atoms with Crippen molar-refractivity contribution in [2.75, 3.05) is 6.61 Å². The Morgan fingerprint density at radius 1 is 1.39 bits per heavy atom. The third-order valence-electron chi connectivity index (χ3n) is 2.25. The normalized spacial score (nSPS) is 12.4. The SMILES string of the molecule is Cc1cc(COCC(F)(F)F)oc1CNC(C)C. The fourth-order valence-corrected chi connectivity index (χ4v) is 1.40. The second kappa shape index (κ2) is 6.24. The molecule has 1 aromatic heterocycles. The standard InChI is InChI=1S/C12H18F3NO2/c1-8(2)16-5-11-9(3)4-10(18-11)6-17-7-12(13,14)15/h4,8,16H,5-7H2,1-3H3. The second-order valence-electron chi connectivity index (χ2n) is 4.46. The lowest BCUT2D eigenvalue weighted by Crippen LogP contribution is -2.21. The molecule has 1 heterocycles. The van der Waals surface area contributed by atoms with E-state index in [1.165, 1.54) is 0 Å². The van der Waals surface area contributed by atoms with Gasteiger partial charge in [0.25, 0.3) is 0 Å². The Labute approximate surface area is 104 Å². The van der Waals surface area contributed by atoms with Crippen molar-refractivity contribution in [3.63, 3.8) is 0 Å². The number of rotatable bonds is 6. The zero-order valence-corrected chi connectivity index (χ0v) is 10.7. The molecule has 3 nitrogen and oxygen atoms in total. The monoisotopic (exact) mass is 265 g/mol. The lowest BCUT2D eigenvalue weighted by Gasteiger charge is -2.07. The minimum Gasteiger partial charge on any atom is -0.462 e. The Hall–Kier alpha value is -1.01. The molecule has 1 aromatic rings. The van der Waals surface area contributed by atoms with Crippen LogP contribution in [0.4, 0.5) is 13.2 Å². The van der Waals surface area contributed by atoms with Crippen molar-refractivity contribution in [2.45, 2.75) is 46.1 Å². The number of ether oxygens (including phenoxy) is 1. The number of furan rings is 1. The maximum atomic E-state index is 11.9. The summed E-state index contributed by atoms with van der Waals surface area (Å²) in [6, 6.07) is 2.02. The van der Waals surface area contributed by atoms with E-state index < -0.39 is 12.8 Å². The van der Waals surface area contributed by atoms with Gasteiger partial charge >= 0.3 is 6.18 Å². The van der Waals surface area contributed by atoms with Crippen molar-refractivity contribution in [3.05, 3.63) is 23.2 Å². The van der Waals surface area contributed by atoms with Crippen LogP contribution < -0.4 is 5.32 Å². The number of aryl methyl sites for hydroxylation is 1. The van der Waals surface area contributed by atoms with Crippen LogP contribution in [0.3, 0.4) is 0 Å². The second-order valence-corrected chi connectivity index (χ2v) is 4.46. The molecule has 0 saturated carbocycles. The van der Waals surface area contributed by atoms with Gasteiger partial charge in [0, 0.05) is 6.04 Å². The molecule has 18 heavy (non-hydrogen) atoms. The Morgan fingerprint density at radius 2 is 2.06 bits per heavy atom. The molecule has 0 aliphatic heterocycles. The van der Waals surface area contributed by atoms with Crippen LogP contribution >= 0.6 is 0 Å². The van der Waals surface area contributed by atoms with E-state index in [0.29, 0.717) is 18.3 Å². The maximum Gasteiger partial charge on any atom is 0.411 e. The van der Waals surface area contributed by atoms with E-state index in [2.05, 4.69) is 10.1 Å². The lowest BCUT2D eigenvalue weighted by atomic mass is 10.2. The smallest absolute Gasteiger partial charge is 0.411 e.